The number of aliphatic hydroxyl groups excluding tert-OH is 1. The summed E-state index contributed by atoms with van der Waals surface area (Å²) in [6.07, 6.45) is 2.23. The van der Waals surface area contributed by atoms with Gasteiger partial charge in [0.1, 0.15) is 0 Å². The molecule has 1 heterocycles. The molecule has 0 aliphatic rings. The van der Waals surface area contributed by atoms with Crippen molar-refractivity contribution in [1.82, 2.24) is 5.32 Å². The summed E-state index contributed by atoms with van der Waals surface area (Å²) in [6.45, 7) is 5.62. The highest BCUT2D eigenvalue weighted by Gasteiger charge is 2.05. The van der Waals surface area contributed by atoms with E-state index in [1.54, 1.807) is 11.3 Å². The highest BCUT2D eigenvalue weighted by Crippen LogP contribution is 2.18. The van der Waals surface area contributed by atoms with Gasteiger partial charge in [-0.1, -0.05) is 13.0 Å². The van der Waals surface area contributed by atoms with E-state index in [-0.39, 0.29) is 0 Å². The first kappa shape index (κ1) is 12.7. The maximum absolute atomic E-state index is 8.87. The van der Waals surface area contributed by atoms with E-state index in [2.05, 4.69) is 36.7 Å². The van der Waals surface area contributed by atoms with Crippen molar-refractivity contribution >= 4 is 11.3 Å². The second kappa shape index (κ2) is 6.99. The minimum Gasteiger partial charge on any atom is -0.396 e. The van der Waals surface area contributed by atoms with Crippen LogP contribution in [0.25, 0.3) is 0 Å². The molecule has 0 saturated heterocycles. The van der Waals surface area contributed by atoms with Gasteiger partial charge in [-0.05, 0) is 43.7 Å². The zero-order chi connectivity index (χ0) is 11.1. The quantitative estimate of drug-likeness (QED) is 0.702. The molecule has 1 aromatic heterocycles. The van der Waals surface area contributed by atoms with Crippen LogP contribution in [0.3, 0.4) is 0 Å². The molecule has 0 radical (unpaired) electrons. The Morgan fingerprint density at radius 1 is 1.47 bits per heavy atom. The highest BCUT2D eigenvalue weighted by molar-refractivity contribution is 7.10. The summed E-state index contributed by atoms with van der Waals surface area (Å²) < 4.78 is 0. The van der Waals surface area contributed by atoms with Gasteiger partial charge in [-0.2, -0.15) is 0 Å². The SMILES string of the molecule is CC(CO)CCCNC(C)c1cccs1. The predicted molar refractivity (Wildman–Crippen MR) is 66.2 cm³/mol. The predicted octanol–water partition coefficient (Wildman–Crippen LogP) is 2.81. The van der Waals surface area contributed by atoms with E-state index >= 15 is 0 Å². The normalized spacial score (nSPS) is 15.1. The summed E-state index contributed by atoms with van der Waals surface area (Å²) in [4.78, 5) is 1.39. The van der Waals surface area contributed by atoms with Crippen molar-refractivity contribution in [3.8, 4) is 0 Å². The number of hydrogen-bond donors (Lipinski definition) is 2. The van der Waals surface area contributed by atoms with Gasteiger partial charge in [-0.15, -0.1) is 11.3 Å². The molecule has 0 aliphatic heterocycles. The maximum atomic E-state index is 8.87. The lowest BCUT2D eigenvalue weighted by atomic mass is 10.1. The van der Waals surface area contributed by atoms with E-state index in [4.69, 9.17) is 5.11 Å². The average molecular weight is 227 g/mol. The molecule has 0 amide bonds. The lowest BCUT2D eigenvalue weighted by molar-refractivity contribution is 0.227. The molecular formula is C12H21NOS. The van der Waals surface area contributed by atoms with Gasteiger partial charge in [0.05, 0.1) is 0 Å². The third-order valence-corrected chi connectivity index (χ3v) is 3.66. The molecule has 0 fully saturated rings. The summed E-state index contributed by atoms with van der Waals surface area (Å²) in [5.41, 5.74) is 0. The number of thiophene rings is 1. The van der Waals surface area contributed by atoms with Gasteiger partial charge in [-0.3, -0.25) is 0 Å². The van der Waals surface area contributed by atoms with Gasteiger partial charge < -0.3 is 10.4 Å². The van der Waals surface area contributed by atoms with E-state index in [9.17, 15) is 0 Å². The zero-order valence-corrected chi connectivity index (χ0v) is 10.4. The molecule has 2 N–H and O–H groups in total. The van der Waals surface area contributed by atoms with Crippen LogP contribution in [0.1, 0.15) is 37.6 Å². The molecule has 0 aliphatic carbocycles. The van der Waals surface area contributed by atoms with Crippen molar-refractivity contribution in [1.29, 1.82) is 0 Å². The largest absolute Gasteiger partial charge is 0.396 e. The summed E-state index contributed by atoms with van der Waals surface area (Å²) in [5, 5.41) is 14.5. The van der Waals surface area contributed by atoms with Crippen molar-refractivity contribution < 1.29 is 5.11 Å². The van der Waals surface area contributed by atoms with Gasteiger partial charge in [0.15, 0.2) is 0 Å². The Balaban J connectivity index is 2.10. The Hall–Kier alpha value is -0.380. The van der Waals surface area contributed by atoms with Crippen LogP contribution in [0.5, 0.6) is 0 Å². The molecule has 1 rings (SSSR count). The van der Waals surface area contributed by atoms with Crippen molar-refractivity contribution in [3.05, 3.63) is 22.4 Å². The molecule has 0 bridgehead atoms. The van der Waals surface area contributed by atoms with Gasteiger partial charge in [-0.25, -0.2) is 0 Å². The second-order valence-electron chi connectivity index (χ2n) is 4.12. The molecule has 86 valence electrons. The summed E-state index contributed by atoms with van der Waals surface area (Å²) in [7, 11) is 0. The number of hydrogen-bond acceptors (Lipinski definition) is 3. The van der Waals surface area contributed by atoms with Crippen LogP contribution in [-0.2, 0) is 0 Å². The molecule has 0 saturated carbocycles. The molecule has 0 aromatic carbocycles. The van der Waals surface area contributed by atoms with Crippen molar-refractivity contribution in [2.75, 3.05) is 13.2 Å². The van der Waals surface area contributed by atoms with Crippen LogP contribution in [-0.4, -0.2) is 18.3 Å². The third-order valence-electron chi connectivity index (χ3n) is 2.61. The Morgan fingerprint density at radius 3 is 2.87 bits per heavy atom. The van der Waals surface area contributed by atoms with Crippen LogP contribution in [0.4, 0.5) is 0 Å². The minimum atomic E-state index is 0.306. The van der Waals surface area contributed by atoms with Crippen molar-refractivity contribution in [2.24, 2.45) is 5.92 Å². The maximum Gasteiger partial charge on any atom is 0.0456 e. The smallest absolute Gasteiger partial charge is 0.0456 e. The van der Waals surface area contributed by atoms with Crippen molar-refractivity contribution in [2.45, 2.75) is 32.7 Å². The topological polar surface area (TPSA) is 32.3 Å². The Kier molecular flexibility index (Phi) is 5.91. The lowest BCUT2D eigenvalue weighted by Crippen LogP contribution is -2.19. The molecule has 0 spiro atoms. The first-order chi connectivity index (χ1) is 7.24. The van der Waals surface area contributed by atoms with E-state index in [1.165, 1.54) is 4.88 Å². The Bertz CT molecular complexity index is 248. The van der Waals surface area contributed by atoms with Crippen molar-refractivity contribution in [3.63, 3.8) is 0 Å². The Labute approximate surface area is 96.3 Å². The number of rotatable bonds is 7. The Morgan fingerprint density at radius 2 is 2.27 bits per heavy atom. The van der Waals surface area contributed by atoms with Crippen LogP contribution >= 0.6 is 11.3 Å². The fraction of sp³-hybridized carbons (Fsp3) is 0.667. The molecule has 15 heavy (non-hydrogen) atoms. The number of nitrogens with one attached hydrogen (secondary N) is 1. The van der Waals surface area contributed by atoms with E-state index in [1.807, 2.05) is 0 Å². The summed E-state index contributed by atoms with van der Waals surface area (Å²) in [6, 6.07) is 4.71. The fourth-order valence-corrected chi connectivity index (χ4v) is 2.26. The standard InChI is InChI=1S/C12H21NOS/c1-10(9-14)5-3-7-13-11(2)12-6-4-8-15-12/h4,6,8,10-11,13-14H,3,5,7,9H2,1-2H3. The van der Waals surface area contributed by atoms with Gasteiger partial charge in [0, 0.05) is 17.5 Å². The van der Waals surface area contributed by atoms with Crippen LogP contribution in [0, 0.1) is 5.92 Å². The first-order valence-corrected chi connectivity index (χ1v) is 6.49. The highest BCUT2D eigenvalue weighted by atomic mass is 32.1. The monoisotopic (exact) mass is 227 g/mol. The summed E-state index contributed by atoms with van der Waals surface area (Å²) in [5.74, 6) is 0.434. The molecule has 2 atom stereocenters. The van der Waals surface area contributed by atoms with Crippen LogP contribution < -0.4 is 5.32 Å². The lowest BCUT2D eigenvalue weighted by Gasteiger charge is -2.13. The zero-order valence-electron chi connectivity index (χ0n) is 9.57. The van der Waals surface area contributed by atoms with Gasteiger partial charge >= 0.3 is 0 Å². The average Bonchev–Trinajstić information content (AvgIpc) is 2.77. The summed E-state index contributed by atoms with van der Waals surface area (Å²) >= 11 is 1.80. The first-order valence-electron chi connectivity index (χ1n) is 5.61. The van der Waals surface area contributed by atoms with Gasteiger partial charge in [0.2, 0.25) is 0 Å². The van der Waals surface area contributed by atoms with E-state index in [0.717, 1.165) is 19.4 Å². The molecule has 1 aromatic rings. The molecule has 2 nitrogen and oxygen atoms in total. The van der Waals surface area contributed by atoms with Crippen LogP contribution in [0.15, 0.2) is 17.5 Å². The number of aliphatic hydroxyl groups is 1. The van der Waals surface area contributed by atoms with E-state index < -0.39 is 0 Å². The molecule has 2 unspecified atom stereocenters. The molecular weight excluding hydrogens is 206 g/mol. The van der Waals surface area contributed by atoms with Gasteiger partial charge in [0.25, 0.3) is 0 Å². The minimum absolute atomic E-state index is 0.306. The molecule has 3 heteroatoms. The fourth-order valence-electron chi connectivity index (χ4n) is 1.50. The second-order valence-corrected chi connectivity index (χ2v) is 5.10. The van der Waals surface area contributed by atoms with Crippen LogP contribution in [0.2, 0.25) is 0 Å². The third kappa shape index (κ3) is 4.78. The van der Waals surface area contributed by atoms with E-state index in [0.29, 0.717) is 18.6 Å².